The van der Waals surface area contributed by atoms with Gasteiger partial charge in [-0.25, -0.2) is 9.18 Å². The second kappa shape index (κ2) is 8.10. The third-order valence-electron chi connectivity index (χ3n) is 4.82. The van der Waals surface area contributed by atoms with Gasteiger partial charge in [0.05, 0.1) is 17.5 Å². The number of allylic oxidation sites excluding steroid dienone is 2. The number of carbonyl (C=O) groups is 4. The number of halogens is 2. The van der Waals surface area contributed by atoms with Gasteiger partial charge >= 0.3 is 5.97 Å². The highest BCUT2D eigenvalue weighted by Gasteiger charge is 2.50. The molecule has 28 heavy (non-hydrogen) atoms. The summed E-state index contributed by atoms with van der Waals surface area (Å²) in [5, 5.41) is 2.47. The summed E-state index contributed by atoms with van der Waals surface area (Å²) in [6.07, 6.45) is 4.61. The Morgan fingerprint density at radius 1 is 1.25 bits per heavy atom. The summed E-state index contributed by atoms with van der Waals surface area (Å²) in [5.74, 6) is -4.09. The molecule has 1 fully saturated rings. The van der Waals surface area contributed by atoms with E-state index >= 15 is 0 Å². The average Bonchev–Trinajstić information content (AvgIpc) is 2.93. The summed E-state index contributed by atoms with van der Waals surface area (Å²) in [5.41, 5.74) is -0.150. The third kappa shape index (κ3) is 3.91. The van der Waals surface area contributed by atoms with Gasteiger partial charge < -0.3 is 10.1 Å². The van der Waals surface area contributed by atoms with Gasteiger partial charge in [-0.3, -0.25) is 19.3 Å². The number of fused-ring (bicyclic) bond motifs is 1. The van der Waals surface area contributed by atoms with Crippen LogP contribution in [0.4, 0.5) is 10.1 Å². The number of amides is 3. The summed E-state index contributed by atoms with van der Waals surface area (Å²) >= 11 is 5.74. The average molecular weight is 409 g/mol. The maximum atomic E-state index is 13.6. The Bertz CT molecular complexity index is 846. The van der Waals surface area contributed by atoms with Crippen molar-refractivity contribution in [2.75, 3.05) is 11.9 Å². The maximum Gasteiger partial charge on any atom is 0.329 e. The number of nitrogens with one attached hydrogen (secondary N) is 1. The van der Waals surface area contributed by atoms with Crippen LogP contribution in [0.1, 0.15) is 19.8 Å². The molecule has 1 aromatic rings. The van der Waals surface area contributed by atoms with E-state index in [4.69, 9.17) is 16.3 Å². The van der Waals surface area contributed by atoms with Crippen molar-refractivity contribution in [1.29, 1.82) is 0 Å². The van der Waals surface area contributed by atoms with Crippen LogP contribution in [0.25, 0.3) is 0 Å². The van der Waals surface area contributed by atoms with Crippen LogP contribution in [-0.2, 0) is 23.9 Å². The Morgan fingerprint density at radius 3 is 2.46 bits per heavy atom. The normalized spacial score (nSPS) is 22.0. The largest absolute Gasteiger partial charge is 0.454 e. The van der Waals surface area contributed by atoms with Gasteiger partial charge in [0.2, 0.25) is 11.8 Å². The van der Waals surface area contributed by atoms with Crippen LogP contribution in [0.15, 0.2) is 30.4 Å². The molecule has 0 spiro atoms. The van der Waals surface area contributed by atoms with Crippen LogP contribution in [0.5, 0.6) is 0 Å². The molecule has 0 aromatic heterocycles. The summed E-state index contributed by atoms with van der Waals surface area (Å²) in [6.45, 7) is 0.678. The highest BCUT2D eigenvalue weighted by Crippen LogP contribution is 2.36. The standard InChI is InChI=1S/C19H18ClFN2O5/c1-10(23-17(25)12-4-2-3-5-13(12)18(23)26)19(27)28-9-16(24)22-15-8-11(20)6-7-14(15)21/h2-3,6-8,10,12-13H,4-5,9H2,1H3,(H,22,24)/t10-,12+,13+/m0/s1. The van der Waals surface area contributed by atoms with E-state index in [1.165, 1.54) is 19.1 Å². The van der Waals surface area contributed by atoms with Crippen LogP contribution < -0.4 is 5.32 Å². The number of nitrogens with zero attached hydrogens (tertiary/aromatic N) is 1. The van der Waals surface area contributed by atoms with Gasteiger partial charge in [-0.05, 0) is 38.0 Å². The van der Waals surface area contributed by atoms with Crippen molar-refractivity contribution >= 4 is 41.0 Å². The van der Waals surface area contributed by atoms with E-state index in [0.29, 0.717) is 12.8 Å². The number of hydrogen-bond acceptors (Lipinski definition) is 5. The molecular weight excluding hydrogens is 391 g/mol. The highest BCUT2D eigenvalue weighted by molar-refractivity contribution is 6.30. The van der Waals surface area contributed by atoms with E-state index in [9.17, 15) is 23.6 Å². The first kappa shape index (κ1) is 20.0. The Balaban J connectivity index is 1.57. The number of imide groups is 1. The molecule has 1 saturated heterocycles. The molecule has 0 saturated carbocycles. The number of esters is 1. The summed E-state index contributed by atoms with van der Waals surface area (Å²) in [4.78, 5) is 50.0. The van der Waals surface area contributed by atoms with Crippen molar-refractivity contribution in [1.82, 2.24) is 4.90 Å². The predicted molar refractivity (Wildman–Crippen MR) is 97.7 cm³/mol. The Hall–Kier alpha value is -2.74. The molecule has 1 heterocycles. The molecule has 1 aliphatic heterocycles. The minimum Gasteiger partial charge on any atom is -0.454 e. The molecule has 3 atom stereocenters. The zero-order valence-electron chi connectivity index (χ0n) is 15.0. The lowest BCUT2D eigenvalue weighted by atomic mass is 9.85. The molecule has 1 aliphatic carbocycles. The lowest BCUT2D eigenvalue weighted by Crippen LogP contribution is -2.45. The molecule has 0 bridgehead atoms. The van der Waals surface area contributed by atoms with E-state index in [2.05, 4.69) is 5.32 Å². The molecule has 2 aliphatic rings. The van der Waals surface area contributed by atoms with Crippen molar-refractivity contribution in [2.24, 2.45) is 11.8 Å². The zero-order valence-corrected chi connectivity index (χ0v) is 15.7. The molecule has 3 amide bonds. The number of hydrogen-bond donors (Lipinski definition) is 1. The van der Waals surface area contributed by atoms with Gasteiger partial charge in [-0.15, -0.1) is 0 Å². The molecule has 148 valence electrons. The summed E-state index contributed by atoms with van der Waals surface area (Å²) in [6, 6.07) is 2.48. The van der Waals surface area contributed by atoms with Gasteiger partial charge in [0.1, 0.15) is 11.9 Å². The molecule has 9 heteroatoms. The fourth-order valence-electron chi connectivity index (χ4n) is 3.35. The Labute approximate surface area is 165 Å². The van der Waals surface area contributed by atoms with Crippen LogP contribution in [0.2, 0.25) is 5.02 Å². The zero-order chi connectivity index (χ0) is 20.4. The third-order valence-corrected chi connectivity index (χ3v) is 5.05. The molecule has 0 radical (unpaired) electrons. The van der Waals surface area contributed by atoms with Gasteiger partial charge in [0, 0.05) is 5.02 Å². The van der Waals surface area contributed by atoms with E-state index in [-0.39, 0.29) is 10.7 Å². The molecule has 1 N–H and O–H groups in total. The van der Waals surface area contributed by atoms with E-state index in [1.54, 1.807) is 0 Å². The predicted octanol–water partition coefficient (Wildman–Crippen LogP) is 2.30. The smallest absolute Gasteiger partial charge is 0.329 e. The van der Waals surface area contributed by atoms with Gasteiger partial charge in [-0.1, -0.05) is 23.8 Å². The fraction of sp³-hybridized carbons (Fsp3) is 0.368. The van der Waals surface area contributed by atoms with Crippen LogP contribution >= 0.6 is 11.6 Å². The first-order valence-corrected chi connectivity index (χ1v) is 9.11. The number of carbonyl (C=O) groups excluding carboxylic acids is 4. The van der Waals surface area contributed by atoms with E-state index < -0.39 is 54.0 Å². The second-order valence-corrected chi connectivity index (χ2v) is 7.09. The topological polar surface area (TPSA) is 92.8 Å². The minimum absolute atomic E-state index is 0.150. The van der Waals surface area contributed by atoms with Gasteiger partial charge in [-0.2, -0.15) is 0 Å². The first-order chi connectivity index (χ1) is 13.3. The number of ether oxygens (including phenoxy) is 1. The van der Waals surface area contributed by atoms with Crippen molar-refractivity contribution in [2.45, 2.75) is 25.8 Å². The van der Waals surface area contributed by atoms with Crippen LogP contribution in [-0.4, -0.2) is 41.2 Å². The van der Waals surface area contributed by atoms with Crippen molar-refractivity contribution in [3.05, 3.63) is 41.2 Å². The Kier molecular flexibility index (Phi) is 5.79. The van der Waals surface area contributed by atoms with Crippen molar-refractivity contribution < 1.29 is 28.3 Å². The molecule has 3 rings (SSSR count). The van der Waals surface area contributed by atoms with Crippen LogP contribution in [0.3, 0.4) is 0 Å². The SMILES string of the molecule is C[C@@H](C(=O)OCC(=O)Nc1cc(Cl)ccc1F)N1C(=O)[C@@H]2CC=CC[C@H]2C1=O. The molecular formula is C19H18ClFN2O5. The molecule has 0 unspecified atom stereocenters. The van der Waals surface area contributed by atoms with E-state index in [0.717, 1.165) is 11.0 Å². The van der Waals surface area contributed by atoms with Crippen LogP contribution in [0, 0.1) is 17.7 Å². The lowest BCUT2D eigenvalue weighted by molar-refractivity contribution is -0.159. The number of rotatable bonds is 5. The highest BCUT2D eigenvalue weighted by atomic mass is 35.5. The summed E-state index contributed by atoms with van der Waals surface area (Å²) in [7, 11) is 0. The molecule has 7 nitrogen and oxygen atoms in total. The monoisotopic (exact) mass is 408 g/mol. The first-order valence-electron chi connectivity index (χ1n) is 8.73. The fourth-order valence-corrected chi connectivity index (χ4v) is 3.52. The van der Waals surface area contributed by atoms with Gasteiger partial charge in [0.15, 0.2) is 6.61 Å². The lowest BCUT2D eigenvalue weighted by Gasteiger charge is -2.21. The minimum atomic E-state index is -1.15. The second-order valence-electron chi connectivity index (χ2n) is 6.66. The maximum absolute atomic E-state index is 13.6. The number of benzene rings is 1. The van der Waals surface area contributed by atoms with Crippen molar-refractivity contribution in [3.8, 4) is 0 Å². The van der Waals surface area contributed by atoms with E-state index in [1.807, 2.05) is 12.2 Å². The number of likely N-dealkylation sites (tertiary alicyclic amines) is 1. The quantitative estimate of drug-likeness (QED) is 0.458. The number of anilines is 1. The van der Waals surface area contributed by atoms with Crippen molar-refractivity contribution in [3.63, 3.8) is 0 Å². The molecule has 1 aromatic carbocycles. The Morgan fingerprint density at radius 2 is 1.86 bits per heavy atom. The summed E-state index contributed by atoms with van der Waals surface area (Å²) < 4.78 is 18.5. The van der Waals surface area contributed by atoms with Gasteiger partial charge in [0.25, 0.3) is 5.91 Å².